The quantitative estimate of drug-likeness (QED) is 0.574. The molecule has 3 atom stereocenters. The summed E-state index contributed by atoms with van der Waals surface area (Å²) in [6.45, 7) is 3.10. The number of nitrogens with zero attached hydrogens (tertiary/aromatic N) is 3. The van der Waals surface area contributed by atoms with Crippen LogP contribution < -0.4 is 5.56 Å². The molecule has 2 aliphatic rings. The molecule has 29 heavy (non-hydrogen) atoms. The first-order valence-corrected chi connectivity index (χ1v) is 9.90. The molecular formula is C21H23N3O5. The summed E-state index contributed by atoms with van der Waals surface area (Å²) in [5, 5.41) is 0. The molecule has 2 fully saturated rings. The van der Waals surface area contributed by atoms with Crippen molar-refractivity contribution in [1.29, 1.82) is 0 Å². The molecule has 8 heteroatoms. The van der Waals surface area contributed by atoms with Crippen LogP contribution in [0.3, 0.4) is 0 Å². The summed E-state index contributed by atoms with van der Waals surface area (Å²) >= 11 is 0. The van der Waals surface area contributed by atoms with E-state index < -0.39 is 12.0 Å². The molecule has 2 aromatic heterocycles. The maximum absolute atomic E-state index is 12.6. The van der Waals surface area contributed by atoms with Gasteiger partial charge < -0.3 is 4.74 Å². The van der Waals surface area contributed by atoms with Gasteiger partial charge in [0, 0.05) is 11.8 Å². The van der Waals surface area contributed by atoms with Crippen molar-refractivity contribution in [3.63, 3.8) is 0 Å². The van der Waals surface area contributed by atoms with E-state index in [4.69, 9.17) is 4.74 Å². The van der Waals surface area contributed by atoms with Crippen LogP contribution in [0.1, 0.15) is 44.0 Å². The summed E-state index contributed by atoms with van der Waals surface area (Å²) in [5.74, 6) is -1.85. The van der Waals surface area contributed by atoms with E-state index >= 15 is 0 Å². The first kappa shape index (κ1) is 19.3. The molecule has 1 aliphatic heterocycles. The Morgan fingerprint density at radius 2 is 1.83 bits per heavy atom. The van der Waals surface area contributed by atoms with Gasteiger partial charge in [0.1, 0.15) is 18.3 Å². The van der Waals surface area contributed by atoms with E-state index in [1.54, 1.807) is 25.1 Å². The molecule has 0 unspecified atom stereocenters. The number of fused-ring (bicyclic) bond motifs is 2. The van der Waals surface area contributed by atoms with Gasteiger partial charge in [0.2, 0.25) is 11.8 Å². The minimum atomic E-state index is -0.996. The number of pyridine rings is 1. The van der Waals surface area contributed by atoms with Crippen molar-refractivity contribution in [3.8, 4) is 0 Å². The fraction of sp³-hybridized carbons (Fsp3) is 0.476. The Morgan fingerprint density at radius 1 is 1.17 bits per heavy atom. The van der Waals surface area contributed by atoms with Crippen molar-refractivity contribution >= 4 is 23.4 Å². The number of carbonyl (C=O) groups is 3. The Bertz CT molecular complexity index is 1040. The summed E-state index contributed by atoms with van der Waals surface area (Å²) < 4.78 is 6.76. The molecule has 1 aliphatic carbocycles. The van der Waals surface area contributed by atoms with E-state index in [9.17, 15) is 19.2 Å². The molecule has 2 amide bonds. The van der Waals surface area contributed by atoms with E-state index in [-0.39, 0.29) is 35.8 Å². The molecule has 0 aromatic carbocycles. The number of aromatic nitrogens is 2. The lowest BCUT2D eigenvalue weighted by atomic mass is 9.81. The Hall–Kier alpha value is -3.03. The van der Waals surface area contributed by atoms with Crippen molar-refractivity contribution in [2.75, 3.05) is 0 Å². The summed E-state index contributed by atoms with van der Waals surface area (Å²) in [6.07, 6.45) is 3.24. The largest absolute Gasteiger partial charge is 0.458 e. The van der Waals surface area contributed by atoms with Crippen LogP contribution in [-0.2, 0) is 25.7 Å². The third-order valence-corrected chi connectivity index (χ3v) is 5.90. The predicted molar refractivity (Wildman–Crippen MR) is 103 cm³/mol. The molecule has 3 heterocycles. The van der Waals surface area contributed by atoms with Crippen molar-refractivity contribution < 1.29 is 19.1 Å². The van der Waals surface area contributed by atoms with Gasteiger partial charge in [-0.2, -0.15) is 0 Å². The maximum Gasteiger partial charge on any atom is 0.329 e. The second kappa shape index (κ2) is 7.42. The summed E-state index contributed by atoms with van der Waals surface area (Å²) in [5.41, 5.74) is 1.27. The first-order valence-electron chi connectivity index (χ1n) is 9.90. The van der Waals surface area contributed by atoms with E-state index in [0.717, 1.165) is 23.4 Å². The molecular weight excluding hydrogens is 374 g/mol. The molecule has 1 saturated heterocycles. The lowest BCUT2D eigenvalue weighted by Gasteiger charge is -2.21. The van der Waals surface area contributed by atoms with Crippen LogP contribution in [0.2, 0.25) is 0 Å². The SMILES string of the molecule is Cc1cccc2nc(COC(=O)[C@H](C)N3C(=O)[C@H]4CCCC[C@@H]4C3=O)cc(=O)n12. The van der Waals surface area contributed by atoms with Gasteiger partial charge in [-0.05, 0) is 38.8 Å². The first-order chi connectivity index (χ1) is 13.9. The summed E-state index contributed by atoms with van der Waals surface area (Å²) in [4.78, 5) is 55.5. The Balaban J connectivity index is 1.47. The zero-order valence-electron chi connectivity index (χ0n) is 16.5. The number of likely N-dealkylation sites (tertiary alicyclic amines) is 1. The smallest absolute Gasteiger partial charge is 0.329 e. The van der Waals surface area contributed by atoms with Crippen molar-refractivity contribution in [3.05, 3.63) is 46.0 Å². The lowest BCUT2D eigenvalue weighted by Crippen LogP contribution is -2.44. The van der Waals surface area contributed by atoms with Crippen molar-refractivity contribution in [2.24, 2.45) is 11.8 Å². The number of carbonyl (C=O) groups excluding carboxylic acids is 3. The van der Waals surface area contributed by atoms with E-state index in [1.807, 2.05) is 0 Å². The highest BCUT2D eigenvalue weighted by Crippen LogP contribution is 2.38. The number of ether oxygens (including phenoxy) is 1. The normalized spacial score (nSPS) is 22.6. The van der Waals surface area contributed by atoms with Gasteiger partial charge in [-0.3, -0.25) is 23.7 Å². The molecule has 4 rings (SSSR count). The zero-order chi connectivity index (χ0) is 20.7. The maximum atomic E-state index is 12.6. The van der Waals surface area contributed by atoms with Gasteiger partial charge in [-0.15, -0.1) is 0 Å². The van der Waals surface area contributed by atoms with Crippen LogP contribution in [0.5, 0.6) is 0 Å². The topological polar surface area (TPSA) is 98.0 Å². The minimum absolute atomic E-state index is 0.202. The van der Waals surface area contributed by atoms with Crippen LogP contribution in [0.15, 0.2) is 29.1 Å². The molecule has 1 saturated carbocycles. The van der Waals surface area contributed by atoms with Gasteiger partial charge in [0.25, 0.3) is 5.56 Å². The number of amides is 2. The van der Waals surface area contributed by atoms with Gasteiger partial charge in [0.05, 0.1) is 17.5 Å². The fourth-order valence-electron chi connectivity index (χ4n) is 4.38. The number of hydrogen-bond donors (Lipinski definition) is 0. The predicted octanol–water partition coefficient (Wildman–Crippen LogP) is 1.61. The molecule has 0 spiro atoms. The van der Waals surface area contributed by atoms with Gasteiger partial charge in [0.15, 0.2) is 0 Å². The summed E-state index contributed by atoms with van der Waals surface area (Å²) in [7, 11) is 0. The molecule has 152 valence electrons. The lowest BCUT2D eigenvalue weighted by molar-refractivity contribution is -0.159. The average Bonchev–Trinajstić information content (AvgIpc) is 2.96. The van der Waals surface area contributed by atoms with E-state index in [2.05, 4.69) is 4.98 Å². The second-order valence-electron chi connectivity index (χ2n) is 7.77. The van der Waals surface area contributed by atoms with Gasteiger partial charge in [-0.1, -0.05) is 18.9 Å². The van der Waals surface area contributed by atoms with E-state index in [1.165, 1.54) is 17.4 Å². The fourth-order valence-corrected chi connectivity index (χ4v) is 4.38. The van der Waals surface area contributed by atoms with Crippen LogP contribution >= 0.6 is 0 Å². The Morgan fingerprint density at radius 3 is 2.48 bits per heavy atom. The monoisotopic (exact) mass is 397 g/mol. The molecule has 2 aromatic rings. The van der Waals surface area contributed by atoms with Crippen molar-refractivity contribution in [2.45, 2.75) is 52.2 Å². The highest BCUT2D eigenvalue weighted by atomic mass is 16.5. The van der Waals surface area contributed by atoms with Crippen LogP contribution in [0.4, 0.5) is 0 Å². The highest BCUT2D eigenvalue weighted by Gasteiger charge is 2.51. The number of aryl methyl sites for hydroxylation is 1. The highest BCUT2D eigenvalue weighted by molar-refractivity contribution is 6.07. The van der Waals surface area contributed by atoms with Gasteiger partial charge in [-0.25, -0.2) is 9.78 Å². The zero-order valence-corrected chi connectivity index (χ0v) is 16.5. The second-order valence-corrected chi connectivity index (χ2v) is 7.77. The minimum Gasteiger partial charge on any atom is -0.458 e. The number of rotatable bonds is 4. The van der Waals surface area contributed by atoms with Gasteiger partial charge >= 0.3 is 5.97 Å². The third kappa shape index (κ3) is 3.32. The standard InChI is InChI=1S/C21H23N3O5/c1-12-6-5-9-17-22-14(10-18(25)23(12)17)11-29-21(28)13(2)24-19(26)15-7-3-4-8-16(15)20(24)27/h5-6,9-10,13,15-16H,3-4,7-8,11H2,1-2H3/t13-,15-,16-/m0/s1. The number of esters is 1. The number of hydrogen-bond acceptors (Lipinski definition) is 6. The van der Waals surface area contributed by atoms with Crippen molar-refractivity contribution in [1.82, 2.24) is 14.3 Å². The third-order valence-electron chi connectivity index (χ3n) is 5.90. The van der Waals surface area contributed by atoms with Crippen LogP contribution in [0, 0.1) is 18.8 Å². The molecule has 8 nitrogen and oxygen atoms in total. The Labute approximate surface area is 167 Å². The van der Waals surface area contributed by atoms with E-state index in [0.29, 0.717) is 24.2 Å². The Kier molecular flexibility index (Phi) is 4.94. The van der Waals surface area contributed by atoms with Crippen LogP contribution in [0.25, 0.3) is 5.65 Å². The molecule has 0 N–H and O–H groups in total. The average molecular weight is 397 g/mol. The number of imide groups is 1. The summed E-state index contributed by atoms with van der Waals surface area (Å²) in [6, 6.07) is 5.62. The van der Waals surface area contributed by atoms with Crippen LogP contribution in [-0.4, -0.2) is 38.1 Å². The molecule has 0 radical (unpaired) electrons. The molecule has 0 bridgehead atoms.